The summed E-state index contributed by atoms with van der Waals surface area (Å²) in [5.41, 5.74) is 8.99. The summed E-state index contributed by atoms with van der Waals surface area (Å²) >= 11 is 0. The molecule has 0 aromatic heterocycles. The van der Waals surface area contributed by atoms with Crippen LogP contribution in [0.15, 0.2) is 24.3 Å². The summed E-state index contributed by atoms with van der Waals surface area (Å²) in [7, 11) is 0. The van der Waals surface area contributed by atoms with E-state index in [1.807, 2.05) is 0 Å². The first-order chi connectivity index (χ1) is 6.10. The van der Waals surface area contributed by atoms with E-state index in [4.69, 9.17) is 5.73 Å². The number of benzene rings is 1. The fourth-order valence-corrected chi connectivity index (χ4v) is 1.96. The molecule has 1 saturated carbocycles. The predicted molar refractivity (Wildman–Crippen MR) is 55.6 cm³/mol. The molecule has 0 radical (unpaired) electrons. The maximum absolute atomic E-state index is 6.17. The fraction of sp³-hybridized carbons (Fsp3) is 0.500. The van der Waals surface area contributed by atoms with Gasteiger partial charge in [0.25, 0.3) is 0 Å². The molecule has 70 valence electrons. The second-order valence-corrected chi connectivity index (χ2v) is 4.50. The van der Waals surface area contributed by atoms with Gasteiger partial charge in [-0.3, -0.25) is 0 Å². The van der Waals surface area contributed by atoms with E-state index in [9.17, 15) is 0 Å². The van der Waals surface area contributed by atoms with Crippen LogP contribution in [0.5, 0.6) is 0 Å². The van der Waals surface area contributed by atoms with Crippen molar-refractivity contribution in [1.82, 2.24) is 0 Å². The molecular formula is C12H17N. The van der Waals surface area contributed by atoms with Crippen LogP contribution in [0.1, 0.15) is 24.5 Å². The molecule has 1 fully saturated rings. The van der Waals surface area contributed by atoms with E-state index in [0.29, 0.717) is 5.92 Å². The van der Waals surface area contributed by atoms with Crippen LogP contribution in [0.4, 0.5) is 0 Å². The van der Waals surface area contributed by atoms with Crippen LogP contribution in [0.2, 0.25) is 0 Å². The van der Waals surface area contributed by atoms with Gasteiger partial charge in [-0.05, 0) is 31.2 Å². The lowest BCUT2D eigenvalue weighted by Crippen LogP contribution is -2.27. The summed E-state index contributed by atoms with van der Waals surface area (Å²) in [6.07, 6.45) is 2.22. The van der Waals surface area contributed by atoms with E-state index in [1.165, 1.54) is 17.5 Å². The molecule has 1 aliphatic carbocycles. The maximum atomic E-state index is 6.17. The smallest absolute Gasteiger partial charge is 0.0224 e. The lowest BCUT2D eigenvalue weighted by Gasteiger charge is -2.10. The highest BCUT2D eigenvalue weighted by Crippen LogP contribution is 2.42. The van der Waals surface area contributed by atoms with Crippen molar-refractivity contribution in [3.63, 3.8) is 0 Å². The van der Waals surface area contributed by atoms with Crippen molar-refractivity contribution in [2.75, 3.05) is 0 Å². The SMILES string of the molecule is Cc1cccc(CC2(N)CC2C)c1. The average Bonchev–Trinajstić information content (AvgIpc) is 2.58. The van der Waals surface area contributed by atoms with Gasteiger partial charge >= 0.3 is 0 Å². The Morgan fingerprint density at radius 2 is 2.23 bits per heavy atom. The summed E-state index contributed by atoms with van der Waals surface area (Å²) in [6.45, 7) is 4.36. The highest BCUT2D eigenvalue weighted by molar-refractivity contribution is 5.26. The van der Waals surface area contributed by atoms with Gasteiger partial charge in [-0.25, -0.2) is 0 Å². The molecule has 0 aliphatic heterocycles. The molecule has 2 atom stereocenters. The Kier molecular flexibility index (Phi) is 1.92. The molecule has 1 aromatic carbocycles. The van der Waals surface area contributed by atoms with Gasteiger partial charge in [-0.15, -0.1) is 0 Å². The summed E-state index contributed by atoms with van der Waals surface area (Å²) < 4.78 is 0. The standard InChI is InChI=1S/C12H17N/c1-9-4-3-5-11(6-9)8-12(13)7-10(12)2/h3-6,10H,7-8,13H2,1-2H3. The number of nitrogens with two attached hydrogens (primary N) is 1. The molecule has 0 saturated heterocycles. The summed E-state index contributed by atoms with van der Waals surface area (Å²) in [5.74, 6) is 0.702. The van der Waals surface area contributed by atoms with Crippen molar-refractivity contribution in [2.45, 2.75) is 32.2 Å². The Labute approximate surface area is 80.0 Å². The first kappa shape index (κ1) is 8.76. The van der Waals surface area contributed by atoms with Crippen LogP contribution in [0.25, 0.3) is 0 Å². The molecule has 2 rings (SSSR count). The lowest BCUT2D eigenvalue weighted by molar-refractivity contribution is 0.615. The summed E-state index contributed by atoms with van der Waals surface area (Å²) in [6, 6.07) is 8.65. The minimum atomic E-state index is 0.105. The Balaban J connectivity index is 2.10. The van der Waals surface area contributed by atoms with E-state index in [2.05, 4.69) is 38.1 Å². The van der Waals surface area contributed by atoms with E-state index >= 15 is 0 Å². The van der Waals surface area contributed by atoms with Crippen LogP contribution in [-0.2, 0) is 6.42 Å². The molecule has 0 bridgehead atoms. The highest BCUT2D eigenvalue weighted by atomic mass is 14.8. The molecule has 13 heavy (non-hydrogen) atoms. The molecule has 2 N–H and O–H groups in total. The summed E-state index contributed by atoms with van der Waals surface area (Å²) in [5, 5.41) is 0. The highest BCUT2D eigenvalue weighted by Gasteiger charge is 2.46. The quantitative estimate of drug-likeness (QED) is 0.733. The van der Waals surface area contributed by atoms with Crippen molar-refractivity contribution in [3.05, 3.63) is 35.4 Å². The van der Waals surface area contributed by atoms with Crippen molar-refractivity contribution >= 4 is 0 Å². The lowest BCUT2D eigenvalue weighted by atomic mass is 10.0. The third-order valence-electron chi connectivity index (χ3n) is 3.12. The second kappa shape index (κ2) is 2.85. The molecule has 1 aromatic rings. The average molecular weight is 175 g/mol. The van der Waals surface area contributed by atoms with E-state index in [-0.39, 0.29) is 5.54 Å². The second-order valence-electron chi connectivity index (χ2n) is 4.50. The number of aryl methyl sites for hydroxylation is 1. The van der Waals surface area contributed by atoms with Crippen molar-refractivity contribution < 1.29 is 0 Å². The molecule has 0 amide bonds. The van der Waals surface area contributed by atoms with Crippen molar-refractivity contribution in [1.29, 1.82) is 0 Å². The van der Waals surface area contributed by atoms with E-state index in [0.717, 1.165) is 6.42 Å². The predicted octanol–water partition coefficient (Wildman–Crippen LogP) is 2.27. The fourth-order valence-electron chi connectivity index (χ4n) is 1.96. The Morgan fingerprint density at radius 3 is 2.77 bits per heavy atom. The monoisotopic (exact) mass is 175 g/mol. The number of hydrogen-bond acceptors (Lipinski definition) is 1. The Hall–Kier alpha value is -0.820. The molecule has 0 heterocycles. The maximum Gasteiger partial charge on any atom is 0.0224 e. The number of rotatable bonds is 2. The summed E-state index contributed by atoms with van der Waals surface area (Å²) in [4.78, 5) is 0. The molecule has 2 unspecified atom stereocenters. The first-order valence-electron chi connectivity index (χ1n) is 4.94. The zero-order valence-corrected chi connectivity index (χ0v) is 8.38. The minimum absolute atomic E-state index is 0.105. The minimum Gasteiger partial charge on any atom is -0.325 e. The molecular weight excluding hydrogens is 158 g/mol. The van der Waals surface area contributed by atoms with Gasteiger partial charge in [0.1, 0.15) is 0 Å². The largest absolute Gasteiger partial charge is 0.325 e. The Bertz CT molecular complexity index is 319. The molecule has 1 heteroatoms. The van der Waals surface area contributed by atoms with Gasteiger partial charge in [0.15, 0.2) is 0 Å². The van der Waals surface area contributed by atoms with E-state index in [1.54, 1.807) is 0 Å². The van der Waals surface area contributed by atoms with Crippen LogP contribution >= 0.6 is 0 Å². The normalized spacial score (nSPS) is 31.8. The number of hydrogen-bond donors (Lipinski definition) is 1. The first-order valence-corrected chi connectivity index (χ1v) is 4.94. The van der Waals surface area contributed by atoms with Crippen molar-refractivity contribution in [2.24, 2.45) is 11.7 Å². The third kappa shape index (κ3) is 1.75. The van der Waals surface area contributed by atoms with Crippen LogP contribution in [0.3, 0.4) is 0 Å². The topological polar surface area (TPSA) is 26.0 Å². The van der Waals surface area contributed by atoms with Gasteiger partial charge in [-0.2, -0.15) is 0 Å². The van der Waals surface area contributed by atoms with Gasteiger partial charge in [0.2, 0.25) is 0 Å². The van der Waals surface area contributed by atoms with Gasteiger partial charge in [0, 0.05) is 5.54 Å². The Morgan fingerprint density at radius 1 is 1.54 bits per heavy atom. The molecule has 1 aliphatic rings. The third-order valence-corrected chi connectivity index (χ3v) is 3.12. The van der Waals surface area contributed by atoms with Crippen LogP contribution in [0, 0.1) is 12.8 Å². The van der Waals surface area contributed by atoms with Crippen LogP contribution < -0.4 is 5.73 Å². The van der Waals surface area contributed by atoms with Crippen LogP contribution in [-0.4, -0.2) is 5.54 Å². The zero-order valence-electron chi connectivity index (χ0n) is 8.38. The van der Waals surface area contributed by atoms with Crippen molar-refractivity contribution in [3.8, 4) is 0 Å². The molecule has 0 spiro atoms. The van der Waals surface area contributed by atoms with Gasteiger partial charge < -0.3 is 5.73 Å². The zero-order chi connectivity index (χ0) is 9.47. The molecule has 1 nitrogen and oxygen atoms in total. The van der Waals surface area contributed by atoms with Gasteiger partial charge in [0.05, 0.1) is 0 Å². The van der Waals surface area contributed by atoms with E-state index < -0.39 is 0 Å². The van der Waals surface area contributed by atoms with Gasteiger partial charge in [-0.1, -0.05) is 36.8 Å².